The van der Waals surface area contributed by atoms with Crippen LogP contribution < -0.4 is 4.72 Å². The molecule has 8 heteroatoms. The number of aryl methyl sites for hydroxylation is 1. The van der Waals surface area contributed by atoms with Crippen LogP contribution in [0.15, 0.2) is 4.21 Å². The number of ether oxygens (including phenoxy) is 1. The summed E-state index contributed by atoms with van der Waals surface area (Å²) in [5.74, 6) is 0. The minimum atomic E-state index is -3.57. The normalized spacial score (nSPS) is 22.3. The summed E-state index contributed by atoms with van der Waals surface area (Å²) >= 11 is 6.69. The Labute approximate surface area is 116 Å². The fourth-order valence-corrected chi connectivity index (χ4v) is 5.00. The zero-order chi connectivity index (χ0) is 13.3. The number of hydrogen-bond acceptors (Lipinski definition) is 5. The van der Waals surface area contributed by atoms with Gasteiger partial charge in [0.05, 0.1) is 11.8 Å². The smallest absolute Gasteiger partial charge is 0.252 e. The van der Waals surface area contributed by atoms with E-state index < -0.39 is 10.0 Å². The molecule has 1 saturated heterocycles. The highest BCUT2D eigenvalue weighted by molar-refractivity contribution is 7.91. The van der Waals surface area contributed by atoms with Crippen molar-refractivity contribution in [2.75, 3.05) is 6.61 Å². The lowest BCUT2D eigenvalue weighted by molar-refractivity contribution is 0.0902. The van der Waals surface area contributed by atoms with E-state index >= 15 is 0 Å². The number of aromatic nitrogens is 1. The molecule has 0 bridgehead atoms. The van der Waals surface area contributed by atoms with Gasteiger partial charge in [-0.05, 0) is 26.7 Å². The first-order chi connectivity index (χ1) is 8.40. The molecule has 5 nitrogen and oxygen atoms in total. The Morgan fingerprint density at radius 1 is 1.61 bits per heavy atom. The van der Waals surface area contributed by atoms with Gasteiger partial charge in [0.1, 0.15) is 0 Å². The third-order valence-corrected chi connectivity index (χ3v) is 6.27. The van der Waals surface area contributed by atoms with E-state index in [1.165, 1.54) is 0 Å². The molecule has 2 rings (SSSR count). The van der Waals surface area contributed by atoms with Crippen molar-refractivity contribution in [1.29, 1.82) is 0 Å². The summed E-state index contributed by atoms with van der Waals surface area (Å²) in [6.45, 7) is 4.14. The van der Waals surface area contributed by atoms with Crippen LogP contribution >= 0.6 is 22.9 Å². The fraction of sp³-hybridized carbons (Fsp3) is 0.700. The monoisotopic (exact) mass is 310 g/mol. The van der Waals surface area contributed by atoms with Gasteiger partial charge < -0.3 is 4.74 Å². The van der Waals surface area contributed by atoms with E-state index in [-0.39, 0.29) is 20.8 Å². The molecule has 2 atom stereocenters. The van der Waals surface area contributed by atoms with Crippen LogP contribution in [0.4, 0.5) is 0 Å². The highest BCUT2D eigenvalue weighted by Crippen LogP contribution is 2.27. The van der Waals surface area contributed by atoms with Crippen LogP contribution in [0, 0.1) is 6.92 Å². The van der Waals surface area contributed by atoms with Crippen molar-refractivity contribution in [1.82, 2.24) is 9.71 Å². The van der Waals surface area contributed by atoms with Crippen LogP contribution in [0.3, 0.4) is 0 Å². The number of halogens is 1. The lowest BCUT2D eigenvalue weighted by Gasteiger charge is -2.19. The first kappa shape index (κ1) is 14.2. The van der Waals surface area contributed by atoms with Crippen molar-refractivity contribution >= 4 is 33.0 Å². The molecule has 18 heavy (non-hydrogen) atoms. The number of nitrogens with one attached hydrogen (secondary N) is 1. The maximum Gasteiger partial charge on any atom is 0.252 e. The summed E-state index contributed by atoms with van der Waals surface area (Å²) in [4.78, 5) is 3.92. The molecule has 1 aromatic heterocycles. The predicted molar refractivity (Wildman–Crippen MR) is 70.6 cm³/mol. The summed E-state index contributed by atoms with van der Waals surface area (Å²) in [5.41, 5.74) is 0.428. The van der Waals surface area contributed by atoms with Gasteiger partial charge in [-0.3, -0.25) is 0 Å². The molecular weight excluding hydrogens is 296 g/mol. The quantitative estimate of drug-likeness (QED) is 0.923. The third kappa shape index (κ3) is 3.03. The van der Waals surface area contributed by atoms with Crippen molar-refractivity contribution in [2.45, 2.75) is 43.0 Å². The van der Waals surface area contributed by atoms with Gasteiger partial charge in [0.15, 0.2) is 8.68 Å². The highest BCUT2D eigenvalue weighted by atomic mass is 35.5. The SMILES string of the molecule is Cc1nc(Cl)sc1S(=O)(=O)NC(C)C1CCCO1. The molecule has 0 amide bonds. The van der Waals surface area contributed by atoms with E-state index in [0.29, 0.717) is 12.3 Å². The molecule has 0 spiro atoms. The van der Waals surface area contributed by atoms with Crippen LogP contribution in [0.1, 0.15) is 25.5 Å². The summed E-state index contributed by atoms with van der Waals surface area (Å²) in [6.07, 6.45) is 1.80. The van der Waals surface area contributed by atoms with E-state index in [4.69, 9.17) is 16.3 Å². The second-order valence-corrected chi connectivity index (χ2v) is 7.79. The van der Waals surface area contributed by atoms with Gasteiger partial charge in [0.2, 0.25) is 0 Å². The lowest BCUT2D eigenvalue weighted by Crippen LogP contribution is -2.40. The molecule has 1 aromatic rings. The Hall–Kier alpha value is -0.210. The first-order valence-corrected chi connectivity index (χ1v) is 8.35. The average molecular weight is 311 g/mol. The predicted octanol–water partition coefficient (Wildman–Crippen LogP) is 1.95. The van der Waals surface area contributed by atoms with Crippen molar-refractivity contribution < 1.29 is 13.2 Å². The average Bonchev–Trinajstić information content (AvgIpc) is 2.86. The van der Waals surface area contributed by atoms with Crippen LogP contribution in [0.5, 0.6) is 0 Å². The molecular formula is C10H15ClN2O3S2. The van der Waals surface area contributed by atoms with Gasteiger partial charge in [-0.25, -0.2) is 18.1 Å². The standard InChI is InChI=1S/C10H15ClN2O3S2/c1-6(8-4-3-5-16-8)13-18(14,15)9-7(2)12-10(11)17-9/h6,8,13H,3-5H2,1-2H3. The minimum Gasteiger partial charge on any atom is -0.377 e. The van der Waals surface area contributed by atoms with Crippen molar-refractivity contribution in [2.24, 2.45) is 0 Å². The van der Waals surface area contributed by atoms with Crippen LogP contribution in [0.2, 0.25) is 4.47 Å². The van der Waals surface area contributed by atoms with E-state index in [9.17, 15) is 8.42 Å². The number of thiazole rings is 1. The number of nitrogens with zero attached hydrogens (tertiary/aromatic N) is 1. The molecule has 0 aromatic carbocycles. The Morgan fingerprint density at radius 2 is 2.33 bits per heavy atom. The number of sulfonamides is 1. The Bertz CT molecular complexity index is 523. The molecule has 2 unspecified atom stereocenters. The van der Waals surface area contributed by atoms with Gasteiger partial charge >= 0.3 is 0 Å². The Balaban J connectivity index is 2.14. The molecule has 2 heterocycles. The second kappa shape index (κ2) is 5.42. The largest absolute Gasteiger partial charge is 0.377 e. The van der Waals surface area contributed by atoms with Crippen molar-refractivity contribution in [3.63, 3.8) is 0 Å². The Kier molecular flexibility index (Phi) is 4.28. The molecule has 0 aliphatic carbocycles. The minimum absolute atomic E-state index is 0.0523. The molecule has 0 saturated carbocycles. The second-order valence-electron chi connectivity index (χ2n) is 4.30. The molecule has 1 fully saturated rings. The van der Waals surface area contributed by atoms with E-state index in [1.807, 2.05) is 6.92 Å². The van der Waals surface area contributed by atoms with Gasteiger partial charge in [0, 0.05) is 12.6 Å². The van der Waals surface area contributed by atoms with Crippen LogP contribution in [-0.2, 0) is 14.8 Å². The maximum absolute atomic E-state index is 12.2. The molecule has 102 valence electrons. The van der Waals surface area contributed by atoms with E-state index in [0.717, 1.165) is 24.2 Å². The van der Waals surface area contributed by atoms with E-state index in [2.05, 4.69) is 9.71 Å². The summed E-state index contributed by atoms with van der Waals surface area (Å²) < 4.78 is 32.9. The van der Waals surface area contributed by atoms with Crippen molar-refractivity contribution in [3.05, 3.63) is 10.2 Å². The fourth-order valence-electron chi connectivity index (χ4n) is 1.97. The van der Waals surface area contributed by atoms with E-state index in [1.54, 1.807) is 6.92 Å². The Morgan fingerprint density at radius 3 is 2.83 bits per heavy atom. The summed E-state index contributed by atoms with van der Waals surface area (Å²) in [7, 11) is -3.57. The lowest BCUT2D eigenvalue weighted by atomic mass is 10.1. The molecule has 1 aliphatic rings. The number of hydrogen-bond donors (Lipinski definition) is 1. The summed E-state index contributed by atoms with van der Waals surface area (Å²) in [5, 5.41) is 0. The molecule has 1 aliphatic heterocycles. The number of rotatable bonds is 4. The van der Waals surface area contributed by atoms with Crippen LogP contribution in [-0.4, -0.2) is 32.2 Å². The van der Waals surface area contributed by atoms with Crippen molar-refractivity contribution in [3.8, 4) is 0 Å². The first-order valence-electron chi connectivity index (χ1n) is 5.67. The zero-order valence-corrected chi connectivity index (χ0v) is 12.5. The van der Waals surface area contributed by atoms with Crippen LogP contribution in [0.25, 0.3) is 0 Å². The molecule has 0 radical (unpaired) electrons. The topological polar surface area (TPSA) is 68.3 Å². The van der Waals surface area contributed by atoms with Gasteiger partial charge in [-0.1, -0.05) is 22.9 Å². The van der Waals surface area contributed by atoms with Gasteiger partial charge in [0.25, 0.3) is 10.0 Å². The maximum atomic E-state index is 12.2. The summed E-state index contributed by atoms with van der Waals surface area (Å²) in [6, 6.07) is -0.252. The third-order valence-electron chi connectivity index (χ3n) is 2.84. The van der Waals surface area contributed by atoms with Gasteiger partial charge in [-0.2, -0.15) is 0 Å². The molecule has 1 N–H and O–H groups in total. The highest BCUT2D eigenvalue weighted by Gasteiger charge is 2.29. The van der Waals surface area contributed by atoms with Gasteiger partial charge in [-0.15, -0.1) is 0 Å². The zero-order valence-electron chi connectivity index (χ0n) is 10.1.